The number of ether oxygens (including phenoxy) is 1. The fourth-order valence-electron chi connectivity index (χ4n) is 4.11. The number of nitrogens with zero attached hydrogens (tertiary/aromatic N) is 1. The molecule has 0 bridgehead atoms. The van der Waals surface area contributed by atoms with E-state index in [0.29, 0.717) is 39.9 Å². The summed E-state index contributed by atoms with van der Waals surface area (Å²) >= 11 is 12.7. The highest BCUT2D eigenvalue weighted by atomic mass is 35.5. The van der Waals surface area contributed by atoms with Crippen molar-refractivity contribution in [2.75, 3.05) is 12.0 Å². The number of anilines is 1. The molecule has 6 heteroatoms. The Labute approximate surface area is 173 Å². The standard InChI is InChI=1S/C22H19Cl2NO3/c1-28-20-10-9-13(11-17(20)24)25-18-7-4-8-19(26)22(18)15(12-21(25)27)14-5-2-3-6-16(14)23/h2-3,5-6,9-11,15H,4,7-8,12H2,1H3. The van der Waals surface area contributed by atoms with Crippen LogP contribution in [0.2, 0.25) is 10.0 Å². The van der Waals surface area contributed by atoms with Gasteiger partial charge in [0.05, 0.1) is 17.8 Å². The van der Waals surface area contributed by atoms with E-state index in [1.807, 2.05) is 18.2 Å². The van der Waals surface area contributed by atoms with Crippen molar-refractivity contribution in [2.24, 2.45) is 0 Å². The molecule has 0 N–H and O–H groups in total. The molecule has 28 heavy (non-hydrogen) atoms. The Morgan fingerprint density at radius 3 is 2.54 bits per heavy atom. The van der Waals surface area contributed by atoms with E-state index in [4.69, 9.17) is 27.9 Å². The molecule has 4 rings (SSSR count). The van der Waals surface area contributed by atoms with E-state index in [2.05, 4.69) is 0 Å². The van der Waals surface area contributed by atoms with Crippen molar-refractivity contribution in [1.29, 1.82) is 0 Å². The van der Waals surface area contributed by atoms with Gasteiger partial charge in [-0.2, -0.15) is 0 Å². The summed E-state index contributed by atoms with van der Waals surface area (Å²) < 4.78 is 5.21. The van der Waals surface area contributed by atoms with Gasteiger partial charge in [-0.15, -0.1) is 0 Å². The molecule has 1 amide bonds. The van der Waals surface area contributed by atoms with Gasteiger partial charge in [0.25, 0.3) is 0 Å². The van der Waals surface area contributed by atoms with E-state index < -0.39 is 0 Å². The monoisotopic (exact) mass is 415 g/mol. The molecule has 2 aromatic rings. The molecule has 1 aliphatic carbocycles. The van der Waals surface area contributed by atoms with Crippen molar-refractivity contribution in [1.82, 2.24) is 0 Å². The molecule has 0 spiro atoms. The highest BCUT2D eigenvalue weighted by Gasteiger charge is 2.40. The van der Waals surface area contributed by atoms with Gasteiger partial charge in [0.2, 0.25) is 5.91 Å². The van der Waals surface area contributed by atoms with E-state index in [9.17, 15) is 9.59 Å². The van der Waals surface area contributed by atoms with Gasteiger partial charge in [0.15, 0.2) is 5.78 Å². The first-order chi connectivity index (χ1) is 13.5. The van der Waals surface area contributed by atoms with Crippen LogP contribution in [0.3, 0.4) is 0 Å². The molecule has 4 nitrogen and oxygen atoms in total. The SMILES string of the molecule is COc1ccc(N2C(=O)CC(c3ccccc3Cl)C3=C2CCCC3=O)cc1Cl. The summed E-state index contributed by atoms with van der Waals surface area (Å²) in [6.07, 6.45) is 2.07. The first-order valence-corrected chi connectivity index (χ1v) is 9.94. The molecule has 2 aromatic carbocycles. The molecule has 0 saturated carbocycles. The minimum absolute atomic E-state index is 0.0698. The lowest BCUT2D eigenvalue weighted by molar-refractivity contribution is -0.119. The number of methoxy groups -OCH3 is 1. The molecule has 1 aliphatic heterocycles. The molecule has 0 aromatic heterocycles. The van der Waals surface area contributed by atoms with Crippen LogP contribution in [-0.2, 0) is 9.59 Å². The molecule has 0 radical (unpaired) electrons. The maximum Gasteiger partial charge on any atom is 0.232 e. The number of benzene rings is 2. The van der Waals surface area contributed by atoms with Crippen molar-refractivity contribution in [3.05, 3.63) is 69.3 Å². The summed E-state index contributed by atoms with van der Waals surface area (Å²) in [7, 11) is 1.54. The lowest BCUT2D eigenvalue weighted by atomic mass is 9.77. The minimum Gasteiger partial charge on any atom is -0.495 e. The smallest absolute Gasteiger partial charge is 0.232 e. The first-order valence-electron chi connectivity index (χ1n) is 9.18. The highest BCUT2D eigenvalue weighted by Crippen LogP contribution is 2.45. The third-order valence-corrected chi connectivity index (χ3v) is 5.99. The molecule has 1 atom stereocenters. The van der Waals surface area contributed by atoms with Crippen LogP contribution < -0.4 is 9.64 Å². The van der Waals surface area contributed by atoms with Gasteiger partial charge in [-0.3, -0.25) is 14.5 Å². The van der Waals surface area contributed by atoms with Gasteiger partial charge in [0.1, 0.15) is 5.75 Å². The molecular formula is C22H19Cl2NO3. The van der Waals surface area contributed by atoms with Crippen molar-refractivity contribution in [3.8, 4) is 5.75 Å². The van der Waals surface area contributed by atoms with E-state index in [1.54, 1.807) is 36.3 Å². The zero-order valence-electron chi connectivity index (χ0n) is 15.4. The number of allylic oxidation sites excluding steroid dienone is 2. The number of hydrogen-bond acceptors (Lipinski definition) is 3. The topological polar surface area (TPSA) is 46.6 Å². The zero-order valence-corrected chi connectivity index (χ0v) is 16.9. The Balaban J connectivity index is 1.86. The summed E-state index contributed by atoms with van der Waals surface area (Å²) in [4.78, 5) is 27.7. The van der Waals surface area contributed by atoms with Gasteiger partial charge in [-0.25, -0.2) is 0 Å². The molecule has 1 unspecified atom stereocenters. The third kappa shape index (κ3) is 3.21. The van der Waals surface area contributed by atoms with Crippen LogP contribution in [0.1, 0.15) is 37.2 Å². The van der Waals surface area contributed by atoms with E-state index in [0.717, 1.165) is 17.7 Å². The first kappa shape index (κ1) is 19.0. The number of rotatable bonds is 3. The van der Waals surface area contributed by atoms with Crippen LogP contribution in [0.15, 0.2) is 53.7 Å². The van der Waals surface area contributed by atoms with Crippen LogP contribution in [0, 0.1) is 0 Å². The predicted molar refractivity (Wildman–Crippen MR) is 110 cm³/mol. The second-order valence-corrected chi connectivity index (χ2v) is 7.78. The van der Waals surface area contributed by atoms with Crippen molar-refractivity contribution < 1.29 is 14.3 Å². The number of carbonyl (C=O) groups excluding carboxylic acids is 2. The van der Waals surface area contributed by atoms with Gasteiger partial charge >= 0.3 is 0 Å². The zero-order chi connectivity index (χ0) is 19.8. The quantitative estimate of drug-likeness (QED) is 0.661. The summed E-state index contributed by atoms with van der Waals surface area (Å²) in [5.74, 6) is 0.245. The fraction of sp³-hybridized carbons (Fsp3) is 0.273. The molecule has 1 heterocycles. The largest absolute Gasteiger partial charge is 0.495 e. The fourth-order valence-corrected chi connectivity index (χ4v) is 4.63. The Bertz CT molecular complexity index is 999. The molecule has 0 saturated heterocycles. The Kier molecular flexibility index (Phi) is 5.17. The van der Waals surface area contributed by atoms with Crippen LogP contribution in [0.25, 0.3) is 0 Å². The van der Waals surface area contributed by atoms with Gasteiger partial charge in [-0.05, 0) is 42.7 Å². The van der Waals surface area contributed by atoms with Crippen molar-refractivity contribution >= 4 is 40.6 Å². The van der Waals surface area contributed by atoms with Gasteiger partial charge in [0, 0.05) is 35.1 Å². The molecule has 2 aliphatic rings. The number of amides is 1. The van der Waals surface area contributed by atoms with Crippen LogP contribution >= 0.6 is 23.2 Å². The summed E-state index contributed by atoms with van der Waals surface area (Å²) in [6.45, 7) is 0. The van der Waals surface area contributed by atoms with Crippen LogP contribution in [0.5, 0.6) is 5.75 Å². The maximum atomic E-state index is 13.2. The molecular weight excluding hydrogens is 397 g/mol. The van der Waals surface area contributed by atoms with Crippen LogP contribution in [-0.4, -0.2) is 18.8 Å². The van der Waals surface area contributed by atoms with Gasteiger partial charge in [-0.1, -0.05) is 41.4 Å². The van der Waals surface area contributed by atoms with Crippen molar-refractivity contribution in [2.45, 2.75) is 31.6 Å². The van der Waals surface area contributed by atoms with Gasteiger partial charge < -0.3 is 4.74 Å². The Morgan fingerprint density at radius 1 is 1.04 bits per heavy atom. The second-order valence-electron chi connectivity index (χ2n) is 6.96. The van der Waals surface area contributed by atoms with Crippen molar-refractivity contribution in [3.63, 3.8) is 0 Å². The Morgan fingerprint density at radius 2 is 1.82 bits per heavy atom. The third-order valence-electron chi connectivity index (χ3n) is 5.35. The van der Waals surface area contributed by atoms with E-state index in [1.165, 1.54) is 0 Å². The molecule has 144 valence electrons. The normalized spacial score (nSPS) is 19.7. The summed E-state index contributed by atoms with van der Waals surface area (Å²) in [5.41, 5.74) is 2.94. The van der Waals surface area contributed by atoms with Crippen LogP contribution in [0.4, 0.5) is 5.69 Å². The number of carbonyl (C=O) groups is 2. The lowest BCUT2D eigenvalue weighted by Gasteiger charge is -2.38. The maximum absolute atomic E-state index is 13.2. The number of ketones is 1. The average molecular weight is 416 g/mol. The summed E-state index contributed by atoms with van der Waals surface area (Å²) in [6, 6.07) is 12.7. The Hall–Kier alpha value is -2.30. The lowest BCUT2D eigenvalue weighted by Crippen LogP contribution is -2.40. The van der Waals surface area contributed by atoms with E-state index >= 15 is 0 Å². The highest BCUT2D eigenvalue weighted by molar-refractivity contribution is 6.32. The number of halogens is 2. The molecule has 0 fully saturated rings. The number of hydrogen-bond donors (Lipinski definition) is 0. The predicted octanol–water partition coefficient (Wildman–Crippen LogP) is 5.53. The second kappa shape index (κ2) is 7.61. The summed E-state index contributed by atoms with van der Waals surface area (Å²) in [5, 5.41) is 0.997. The van der Waals surface area contributed by atoms with E-state index in [-0.39, 0.29) is 24.0 Å². The number of Topliss-reactive ketones (excluding diaryl/α,β-unsaturated/α-hetero) is 1. The minimum atomic E-state index is -0.311. The average Bonchev–Trinajstić information content (AvgIpc) is 2.68.